The van der Waals surface area contributed by atoms with Crippen molar-refractivity contribution in [1.29, 1.82) is 0 Å². The van der Waals surface area contributed by atoms with Gasteiger partial charge in [0.05, 0.1) is 12.1 Å². The third-order valence-electron chi connectivity index (χ3n) is 6.19. The Bertz CT molecular complexity index is 1200. The molecule has 36 heavy (non-hydrogen) atoms. The van der Waals surface area contributed by atoms with Crippen LogP contribution in [-0.2, 0) is 32.0 Å². The lowest BCUT2D eigenvalue weighted by atomic mass is 9.92. The number of H-pyrrole nitrogens is 1. The van der Waals surface area contributed by atoms with Gasteiger partial charge in [0.2, 0.25) is 11.8 Å². The van der Waals surface area contributed by atoms with Crippen LogP contribution in [0.2, 0.25) is 0 Å². The van der Waals surface area contributed by atoms with Crippen molar-refractivity contribution in [2.45, 2.75) is 64.1 Å². The molecule has 0 aliphatic heterocycles. The monoisotopic (exact) mass is 492 g/mol. The topological polar surface area (TPSA) is 126 Å². The van der Waals surface area contributed by atoms with Gasteiger partial charge in [-0.05, 0) is 57.7 Å². The minimum atomic E-state index is -1.29. The molecule has 2 amide bonds. The van der Waals surface area contributed by atoms with Crippen molar-refractivity contribution in [2.24, 2.45) is 5.73 Å². The average molecular weight is 493 g/mol. The summed E-state index contributed by atoms with van der Waals surface area (Å²) in [5.74, 6) is -1.48. The van der Waals surface area contributed by atoms with E-state index in [0.717, 1.165) is 22.0 Å². The molecule has 0 fully saturated rings. The van der Waals surface area contributed by atoms with Gasteiger partial charge in [-0.3, -0.25) is 9.59 Å². The van der Waals surface area contributed by atoms with E-state index in [1.165, 1.54) is 0 Å². The SMILES string of the molecule is CCOC(=O)C(C)(CCc1ccccc1)NC(=O)C(Cc1c[nH]c2ccccc12)NC(=O)C(C)(C)N. The van der Waals surface area contributed by atoms with E-state index in [1.807, 2.05) is 60.8 Å². The molecule has 0 bridgehead atoms. The predicted molar refractivity (Wildman–Crippen MR) is 140 cm³/mol. The first-order chi connectivity index (χ1) is 17.0. The van der Waals surface area contributed by atoms with Crippen LogP contribution >= 0.6 is 0 Å². The molecule has 1 aromatic heterocycles. The Morgan fingerprint density at radius 3 is 2.36 bits per heavy atom. The largest absolute Gasteiger partial charge is 0.464 e. The van der Waals surface area contributed by atoms with Crippen molar-refractivity contribution >= 4 is 28.7 Å². The van der Waals surface area contributed by atoms with Crippen LogP contribution in [0.15, 0.2) is 60.8 Å². The van der Waals surface area contributed by atoms with Gasteiger partial charge in [0.1, 0.15) is 11.6 Å². The smallest absolute Gasteiger partial charge is 0.331 e. The van der Waals surface area contributed by atoms with Crippen molar-refractivity contribution in [3.8, 4) is 0 Å². The Labute approximate surface area is 212 Å². The van der Waals surface area contributed by atoms with Crippen LogP contribution in [0.4, 0.5) is 0 Å². The molecule has 2 atom stereocenters. The van der Waals surface area contributed by atoms with Crippen LogP contribution in [0, 0.1) is 0 Å². The first-order valence-electron chi connectivity index (χ1n) is 12.2. The van der Waals surface area contributed by atoms with Gasteiger partial charge < -0.3 is 26.1 Å². The molecule has 2 unspecified atom stereocenters. The van der Waals surface area contributed by atoms with E-state index >= 15 is 0 Å². The summed E-state index contributed by atoms with van der Waals surface area (Å²) in [6.45, 7) is 6.72. The van der Waals surface area contributed by atoms with E-state index in [9.17, 15) is 14.4 Å². The molecule has 0 saturated carbocycles. The molecule has 1 heterocycles. The molecule has 3 rings (SSSR count). The summed E-state index contributed by atoms with van der Waals surface area (Å²) >= 11 is 0. The second-order valence-corrected chi connectivity index (χ2v) is 9.84. The molecule has 8 nitrogen and oxygen atoms in total. The van der Waals surface area contributed by atoms with Crippen LogP contribution in [0.5, 0.6) is 0 Å². The fraction of sp³-hybridized carbons (Fsp3) is 0.393. The fourth-order valence-corrected chi connectivity index (χ4v) is 3.98. The molecule has 0 aliphatic carbocycles. The Balaban J connectivity index is 1.87. The number of aryl methyl sites for hydroxylation is 1. The molecular formula is C28H36N4O4. The minimum absolute atomic E-state index is 0.187. The molecule has 5 N–H and O–H groups in total. The van der Waals surface area contributed by atoms with E-state index in [1.54, 1.807) is 27.7 Å². The van der Waals surface area contributed by atoms with Gasteiger partial charge in [-0.25, -0.2) is 4.79 Å². The highest BCUT2D eigenvalue weighted by atomic mass is 16.5. The maximum Gasteiger partial charge on any atom is 0.331 e. The number of ether oxygens (including phenoxy) is 1. The number of carbonyl (C=O) groups is 3. The van der Waals surface area contributed by atoms with Crippen LogP contribution in [0.3, 0.4) is 0 Å². The van der Waals surface area contributed by atoms with E-state index < -0.39 is 34.9 Å². The number of esters is 1. The fourth-order valence-electron chi connectivity index (χ4n) is 3.98. The zero-order valence-electron chi connectivity index (χ0n) is 21.4. The Kier molecular flexibility index (Phi) is 8.53. The minimum Gasteiger partial charge on any atom is -0.464 e. The van der Waals surface area contributed by atoms with Crippen molar-refractivity contribution < 1.29 is 19.1 Å². The summed E-state index contributed by atoms with van der Waals surface area (Å²) in [5.41, 5.74) is 6.35. The van der Waals surface area contributed by atoms with Crippen molar-refractivity contribution in [3.63, 3.8) is 0 Å². The predicted octanol–water partition coefficient (Wildman–Crippen LogP) is 3.00. The number of aromatic amines is 1. The normalized spacial score (nSPS) is 14.0. The maximum absolute atomic E-state index is 13.6. The Morgan fingerprint density at radius 2 is 1.69 bits per heavy atom. The molecule has 3 aromatic rings. The highest BCUT2D eigenvalue weighted by molar-refractivity contribution is 5.95. The van der Waals surface area contributed by atoms with Crippen LogP contribution < -0.4 is 16.4 Å². The van der Waals surface area contributed by atoms with Crippen molar-refractivity contribution in [3.05, 3.63) is 71.9 Å². The number of aromatic nitrogens is 1. The van der Waals surface area contributed by atoms with Crippen LogP contribution in [-0.4, -0.2) is 46.5 Å². The molecule has 0 spiro atoms. The van der Waals surface area contributed by atoms with Crippen LogP contribution in [0.1, 0.15) is 45.2 Å². The highest BCUT2D eigenvalue weighted by Crippen LogP contribution is 2.21. The quantitative estimate of drug-likeness (QED) is 0.306. The number of amides is 2. The van der Waals surface area contributed by atoms with Gasteiger partial charge >= 0.3 is 5.97 Å². The van der Waals surface area contributed by atoms with Crippen LogP contribution in [0.25, 0.3) is 10.9 Å². The number of hydrogen-bond donors (Lipinski definition) is 4. The number of carbonyl (C=O) groups excluding carboxylic acids is 3. The lowest BCUT2D eigenvalue weighted by molar-refractivity contribution is -0.153. The van der Waals surface area contributed by atoms with E-state index in [2.05, 4.69) is 15.6 Å². The zero-order valence-corrected chi connectivity index (χ0v) is 21.4. The highest BCUT2D eigenvalue weighted by Gasteiger charge is 2.39. The number of nitrogens with one attached hydrogen (secondary N) is 3. The van der Waals surface area contributed by atoms with E-state index in [-0.39, 0.29) is 13.0 Å². The van der Waals surface area contributed by atoms with Gasteiger partial charge in [0, 0.05) is 23.5 Å². The van der Waals surface area contributed by atoms with Crippen molar-refractivity contribution in [1.82, 2.24) is 15.6 Å². The second-order valence-electron chi connectivity index (χ2n) is 9.84. The third-order valence-corrected chi connectivity index (χ3v) is 6.19. The molecule has 0 saturated heterocycles. The van der Waals surface area contributed by atoms with Gasteiger partial charge in [-0.2, -0.15) is 0 Å². The summed E-state index contributed by atoms with van der Waals surface area (Å²) in [7, 11) is 0. The van der Waals surface area contributed by atoms with E-state index in [4.69, 9.17) is 10.5 Å². The molecule has 0 radical (unpaired) electrons. The van der Waals surface area contributed by atoms with Gasteiger partial charge in [-0.15, -0.1) is 0 Å². The lowest BCUT2D eigenvalue weighted by Crippen LogP contribution is -2.61. The first-order valence-corrected chi connectivity index (χ1v) is 12.2. The Hall–Kier alpha value is -3.65. The molecule has 0 aliphatic rings. The van der Waals surface area contributed by atoms with Crippen molar-refractivity contribution in [2.75, 3.05) is 6.61 Å². The average Bonchev–Trinajstić information content (AvgIpc) is 3.25. The molecule has 8 heteroatoms. The Morgan fingerprint density at radius 1 is 1.03 bits per heavy atom. The summed E-state index contributed by atoms with van der Waals surface area (Å²) in [6, 6.07) is 16.5. The molecule has 2 aromatic carbocycles. The molecule has 192 valence electrons. The first kappa shape index (κ1) is 26.9. The summed E-state index contributed by atoms with van der Waals surface area (Å²) in [5, 5.41) is 6.62. The third kappa shape index (κ3) is 6.73. The number of para-hydroxylation sites is 1. The number of nitrogens with two attached hydrogens (primary N) is 1. The van der Waals surface area contributed by atoms with Gasteiger partial charge in [0.25, 0.3) is 0 Å². The number of rotatable bonds is 11. The summed E-state index contributed by atoms with van der Waals surface area (Å²) < 4.78 is 5.31. The standard InChI is InChI=1S/C28H36N4O4/c1-5-36-26(35)28(4,16-15-19-11-7-6-8-12-19)32-24(33)23(31-25(34)27(2,3)29)17-20-18-30-22-14-10-9-13-21(20)22/h6-14,18,23,30H,5,15-17,29H2,1-4H3,(H,31,34)(H,32,33). The van der Waals surface area contributed by atoms with E-state index in [0.29, 0.717) is 12.8 Å². The maximum atomic E-state index is 13.6. The number of fused-ring (bicyclic) bond motifs is 1. The number of benzene rings is 2. The zero-order chi connectivity index (χ0) is 26.3. The molecular weight excluding hydrogens is 456 g/mol. The van der Waals surface area contributed by atoms with Gasteiger partial charge in [0.15, 0.2) is 0 Å². The number of hydrogen-bond acceptors (Lipinski definition) is 5. The summed E-state index contributed by atoms with van der Waals surface area (Å²) in [6.07, 6.45) is 2.93. The second kappa shape index (κ2) is 11.4. The summed E-state index contributed by atoms with van der Waals surface area (Å²) in [4.78, 5) is 42.6. The lowest BCUT2D eigenvalue weighted by Gasteiger charge is -2.31. The van der Waals surface area contributed by atoms with Gasteiger partial charge in [-0.1, -0.05) is 48.5 Å².